The number of aryl methyl sites for hydroxylation is 2. The summed E-state index contributed by atoms with van der Waals surface area (Å²) in [5, 5.41) is 8.24. The summed E-state index contributed by atoms with van der Waals surface area (Å²) in [6.45, 7) is 6.41. The summed E-state index contributed by atoms with van der Waals surface area (Å²) in [6, 6.07) is 13.9. The maximum absolute atomic E-state index is 12.0. The highest BCUT2D eigenvalue weighted by atomic mass is 16.5. The lowest BCUT2D eigenvalue weighted by atomic mass is 10.0. The quantitative estimate of drug-likeness (QED) is 0.476. The van der Waals surface area contributed by atoms with Gasteiger partial charge in [-0.25, -0.2) is 4.98 Å². The predicted octanol–water partition coefficient (Wildman–Crippen LogP) is 4.19. The minimum atomic E-state index is -0.0722. The van der Waals surface area contributed by atoms with Crippen molar-refractivity contribution in [2.24, 2.45) is 13.0 Å². The van der Waals surface area contributed by atoms with Crippen LogP contribution < -0.4 is 10.1 Å². The zero-order chi connectivity index (χ0) is 22.7. The van der Waals surface area contributed by atoms with Gasteiger partial charge in [-0.15, -0.1) is 0 Å². The molecule has 32 heavy (non-hydrogen) atoms. The van der Waals surface area contributed by atoms with Crippen molar-refractivity contribution in [3.8, 4) is 17.0 Å². The van der Waals surface area contributed by atoms with Crippen LogP contribution in [0.4, 0.5) is 0 Å². The smallest absolute Gasteiger partial charge is 0.222 e. The van der Waals surface area contributed by atoms with Crippen molar-refractivity contribution in [3.63, 3.8) is 0 Å². The number of rotatable bonds is 7. The van der Waals surface area contributed by atoms with E-state index in [-0.39, 0.29) is 11.8 Å². The van der Waals surface area contributed by atoms with E-state index < -0.39 is 0 Å². The van der Waals surface area contributed by atoms with Crippen molar-refractivity contribution in [3.05, 3.63) is 71.8 Å². The van der Waals surface area contributed by atoms with Crippen LogP contribution in [0.15, 0.2) is 54.9 Å². The molecular weight excluding hydrogens is 402 g/mol. The first-order valence-electron chi connectivity index (χ1n) is 10.7. The number of benzene rings is 1. The summed E-state index contributed by atoms with van der Waals surface area (Å²) in [7, 11) is 1.93. The molecule has 0 radical (unpaired) electrons. The van der Waals surface area contributed by atoms with E-state index in [0.717, 1.165) is 39.1 Å². The molecule has 164 valence electrons. The second-order valence-electron chi connectivity index (χ2n) is 8.07. The number of amides is 1. The van der Waals surface area contributed by atoms with Crippen LogP contribution in [0.5, 0.6) is 5.75 Å². The molecule has 1 aromatic carbocycles. The molecule has 7 nitrogen and oxygen atoms in total. The summed E-state index contributed by atoms with van der Waals surface area (Å²) in [6.07, 6.45) is 3.52. The minimum Gasteiger partial charge on any atom is -0.487 e. The highest BCUT2D eigenvalue weighted by Gasteiger charge is 2.14. The van der Waals surface area contributed by atoms with E-state index in [4.69, 9.17) is 9.72 Å². The van der Waals surface area contributed by atoms with Gasteiger partial charge in [0, 0.05) is 47.6 Å². The molecule has 1 amide bonds. The zero-order valence-electron chi connectivity index (χ0n) is 18.8. The first-order valence-corrected chi connectivity index (χ1v) is 10.7. The Morgan fingerprint density at radius 3 is 2.75 bits per heavy atom. The van der Waals surface area contributed by atoms with Crippen molar-refractivity contribution >= 4 is 16.8 Å². The van der Waals surface area contributed by atoms with Crippen molar-refractivity contribution in [2.45, 2.75) is 33.9 Å². The standard InChI is InChI=1S/C25H27N5O2/c1-16(2)25(31)27-14-21-18(7-6-11-26-21)15-32-23-9-5-8-19-20(13-17(3)29-24(19)23)22-10-12-28-30(22)4/h5-13,16H,14-15H2,1-4H3,(H,27,31). The number of nitrogens with zero attached hydrogens (tertiary/aromatic N) is 4. The molecule has 3 heterocycles. The normalized spacial score (nSPS) is 11.2. The van der Waals surface area contributed by atoms with E-state index in [1.54, 1.807) is 12.4 Å². The fraction of sp³-hybridized carbons (Fsp3) is 0.280. The maximum Gasteiger partial charge on any atom is 0.222 e. The predicted molar refractivity (Wildman–Crippen MR) is 124 cm³/mol. The Morgan fingerprint density at radius 2 is 2.00 bits per heavy atom. The molecule has 0 saturated heterocycles. The molecule has 4 rings (SSSR count). The number of hydrogen-bond acceptors (Lipinski definition) is 5. The summed E-state index contributed by atoms with van der Waals surface area (Å²) in [5.41, 5.74) is 5.52. The Morgan fingerprint density at radius 1 is 1.16 bits per heavy atom. The van der Waals surface area contributed by atoms with E-state index in [0.29, 0.717) is 18.9 Å². The Labute approximate surface area is 187 Å². The number of pyridine rings is 2. The molecule has 4 aromatic rings. The van der Waals surface area contributed by atoms with Gasteiger partial charge >= 0.3 is 0 Å². The van der Waals surface area contributed by atoms with Crippen molar-refractivity contribution < 1.29 is 9.53 Å². The van der Waals surface area contributed by atoms with Crippen molar-refractivity contribution in [1.29, 1.82) is 0 Å². The first kappa shape index (κ1) is 21.5. The average molecular weight is 430 g/mol. The number of fused-ring (bicyclic) bond motifs is 1. The van der Waals surface area contributed by atoms with Crippen LogP contribution in [-0.4, -0.2) is 25.7 Å². The van der Waals surface area contributed by atoms with Crippen molar-refractivity contribution in [1.82, 2.24) is 25.1 Å². The van der Waals surface area contributed by atoms with Gasteiger partial charge in [-0.05, 0) is 31.2 Å². The van der Waals surface area contributed by atoms with Gasteiger partial charge in [0.25, 0.3) is 0 Å². The van der Waals surface area contributed by atoms with Crippen LogP contribution in [-0.2, 0) is 25.0 Å². The van der Waals surface area contributed by atoms with Gasteiger partial charge in [-0.1, -0.05) is 32.0 Å². The largest absolute Gasteiger partial charge is 0.487 e. The molecule has 0 spiro atoms. The summed E-state index contributed by atoms with van der Waals surface area (Å²) in [5.74, 6) is 0.631. The SMILES string of the molecule is Cc1cc(-c2ccnn2C)c2cccc(OCc3cccnc3CNC(=O)C(C)C)c2n1. The van der Waals surface area contributed by atoms with Gasteiger partial charge in [0.1, 0.15) is 17.9 Å². The molecule has 0 atom stereocenters. The Kier molecular flexibility index (Phi) is 6.16. The molecular formula is C25H27N5O2. The first-order chi connectivity index (χ1) is 15.4. The highest BCUT2D eigenvalue weighted by Crippen LogP contribution is 2.33. The Bertz CT molecular complexity index is 1260. The summed E-state index contributed by atoms with van der Waals surface area (Å²) < 4.78 is 8.08. The third kappa shape index (κ3) is 4.46. The fourth-order valence-electron chi connectivity index (χ4n) is 3.61. The van der Waals surface area contributed by atoms with E-state index >= 15 is 0 Å². The molecule has 1 N–H and O–H groups in total. The third-order valence-electron chi connectivity index (χ3n) is 5.35. The van der Waals surface area contributed by atoms with Crippen LogP contribution >= 0.6 is 0 Å². The number of carbonyl (C=O) groups is 1. The monoisotopic (exact) mass is 429 g/mol. The van der Waals surface area contributed by atoms with Crippen LogP contribution in [0.2, 0.25) is 0 Å². The van der Waals surface area contributed by atoms with Crippen LogP contribution in [0.3, 0.4) is 0 Å². The molecule has 3 aromatic heterocycles. The van der Waals surface area contributed by atoms with E-state index in [1.807, 2.05) is 68.9 Å². The molecule has 0 aliphatic heterocycles. The fourth-order valence-corrected chi connectivity index (χ4v) is 3.61. The highest BCUT2D eigenvalue weighted by molar-refractivity contribution is 5.97. The summed E-state index contributed by atoms with van der Waals surface area (Å²) in [4.78, 5) is 21.2. The number of ether oxygens (including phenoxy) is 1. The van der Waals surface area contributed by atoms with Gasteiger partial charge in [-0.2, -0.15) is 5.10 Å². The molecule has 0 bridgehead atoms. The minimum absolute atomic E-state index is 0.000977. The Hall–Kier alpha value is -3.74. The molecule has 0 fully saturated rings. The van der Waals surface area contributed by atoms with E-state index in [2.05, 4.69) is 21.5 Å². The number of nitrogens with one attached hydrogen (secondary N) is 1. The van der Waals surface area contributed by atoms with Crippen LogP contribution in [0.25, 0.3) is 22.2 Å². The van der Waals surface area contributed by atoms with Gasteiger partial charge in [0.2, 0.25) is 5.91 Å². The molecule has 0 unspecified atom stereocenters. The zero-order valence-corrected chi connectivity index (χ0v) is 18.8. The molecule has 0 aliphatic carbocycles. The number of aromatic nitrogens is 4. The lowest BCUT2D eigenvalue weighted by Crippen LogP contribution is -2.28. The van der Waals surface area contributed by atoms with E-state index in [1.165, 1.54) is 0 Å². The molecule has 7 heteroatoms. The van der Waals surface area contributed by atoms with Gasteiger partial charge in [0.15, 0.2) is 0 Å². The van der Waals surface area contributed by atoms with Gasteiger partial charge in [-0.3, -0.25) is 14.5 Å². The lowest BCUT2D eigenvalue weighted by Gasteiger charge is -2.14. The maximum atomic E-state index is 12.0. The molecule has 0 aliphatic rings. The lowest BCUT2D eigenvalue weighted by molar-refractivity contribution is -0.124. The van der Waals surface area contributed by atoms with Gasteiger partial charge in [0.05, 0.1) is 17.9 Å². The van der Waals surface area contributed by atoms with Crippen LogP contribution in [0, 0.1) is 12.8 Å². The van der Waals surface area contributed by atoms with Gasteiger partial charge < -0.3 is 10.1 Å². The molecule has 0 saturated carbocycles. The summed E-state index contributed by atoms with van der Waals surface area (Å²) >= 11 is 0. The van der Waals surface area contributed by atoms with Crippen LogP contribution in [0.1, 0.15) is 30.8 Å². The average Bonchev–Trinajstić information content (AvgIpc) is 3.21. The van der Waals surface area contributed by atoms with E-state index in [9.17, 15) is 4.79 Å². The second kappa shape index (κ2) is 9.18. The number of hydrogen-bond donors (Lipinski definition) is 1. The number of carbonyl (C=O) groups excluding carboxylic acids is 1. The second-order valence-corrected chi connectivity index (χ2v) is 8.07. The Balaban J connectivity index is 1.62. The van der Waals surface area contributed by atoms with Crippen molar-refractivity contribution in [2.75, 3.05) is 0 Å². The third-order valence-corrected chi connectivity index (χ3v) is 5.35. The topological polar surface area (TPSA) is 81.9 Å². The number of para-hydroxylation sites is 1.